The maximum absolute atomic E-state index is 12.0. The zero-order chi connectivity index (χ0) is 16.8. The molecule has 3 aromatic rings. The molecule has 0 atom stereocenters. The van der Waals surface area contributed by atoms with Crippen LogP contribution in [0.3, 0.4) is 0 Å². The molecule has 0 aliphatic carbocycles. The Labute approximate surface area is 139 Å². The van der Waals surface area contributed by atoms with Crippen LogP contribution in [0.15, 0.2) is 47.3 Å². The van der Waals surface area contributed by atoms with Crippen LogP contribution in [0.4, 0.5) is 0 Å². The first-order valence-electron chi connectivity index (χ1n) is 7.68. The number of aryl methyl sites for hydroxylation is 1. The van der Waals surface area contributed by atoms with Gasteiger partial charge in [0.25, 0.3) is 5.89 Å². The maximum Gasteiger partial charge on any atom is 0.267 e. The van der Waals surface area contributed by atoms with E-state index in [4.69, 9.17) is 4.42 Å². The highest BCUT2D eigenvalue weighted by molar-refractivity contribution is 5.77. The van der Waals surface area contributed by atoms with Crippen molar-refractivity contribution in [1.29, 1.82) is 0 Å². The number of benzene rings is 1. The third-order valence-corrected chi connectivity index (χ3v) is 3.48. The predicted molar refractivity (Wildman–Crippen MR) is 86.7 cm³/mol. The van der Waals surface area contributed by atoms with Crippen molar-refractivity contribution in [3.8, 4) is 11.6 Å². The normalized spacial score (nSPS) is 10.5. The average Bonchev–Trinajstić information content (AvgIpc) is 3.09. The maximum atomic E-state index is 12.0. The number of hydrogen-bond donors (Lipinski definition) is 1. The monoisotopic (exact) mass is 323 g/mol. The summed E-state index contributed by atoms with van der Waals surface area (Å²) in [6, 6.07) is 8.15. The van der Waals surface area contributed by atoms with Gasteiger partial charge < -0.3 is 9.73 Å². The molecule has 2 aromatic heterocycles. The Morgan fingerprint density at radius 2 is 1.92 bits per heavy atom. The van der Waals surface area contributed by atoms with E-state index in [9.17, 15) is 4.79 Å². The molecule has 7 nitrogen and oxygen atoms in total. The molecule has 1 amide bonds. The number of hydrogen-bond acceptors (Lipinski definition) is 6. The van der Waals surface area contributed by atoms with Crippen LogP contribution in [-0.2, 0) is 24.2 Å². The molecule has 0 spiro atoms. The molecule has 0 bridgehead atoms. The minimum atomic E-state index is -0.177. The van der Waals surface area contributed by atoms with E-state index < -0.39 is 0 Å². The van der Waals surface area contributed by atoms with Crippen molar-refractivity contribution < 1.29 is 9.21 Å². The fourth-order valence-corrected chi connectivity index (χ4v) is 2.13. The highest BCUT2D eigenvalue weighted by atomic mass is 16.4. The zero-order valence-electron chi connectivity index (χ0n) is 13.3. The third-order valence-electron chi connectivity index (χ3n) is 3.48. The van der Waals surface area contributed by atoms with Gasteiger partial charge in [0.05, 0.1) is 6.20 Å². The van der Waals surface area contributed by atoms with Crippen molar-refractivity contribution in [1.82, 2.24) is 25.5 Å². The second kappa shape index (κ2) is 7.45. The van der Waals surface area contributed by atoms with Gasteiger partial charge >= 0.3 is 0 Å². The Bertz CT molecular complexity index is 799. The van der Waals surface area contributed by atoms with E-state index in [0.717, 1.165) is 12.0 Å². The molecule has 0 saturated carbocycles. The van der Waals surface area contributed by atoms with Crippen LogP contribution in [-0.4, -0.2) is 26.1 Å². The van der Waals surface area contributed by atoms with Gasteiger partial charge in [0.15, 0.2) is 0 Å². The molecule has 1 N–H and O–H groups in total. The molecule has 0 aliphatic heterocycles. The third kappa shape index (κ3) is 4.01. The van der Waals surface area contributed by atoms with E-state index in [-0.39, 0.29) is 24.1 Å². The minimum absolute atomic E-state index is 0.0281. The number of rotatable bonds is 6. The molecule has 0 fully saturated rings. The van der Waals surface area contributed by atoms with Gasteiger partial charge in [0.1, 0.15) is 12.1 Å². The number of nitrogens with one attached hydrogen (secondary N) is 1. The van der Waals surface area contributed by atoms with Crippen LogP contribution < -0.4 is 5.32 Å². The fourth-order valence-electron chi connectivity index (χ4n) is 2.13. The largest absolute Gasteiger partial charge is 0.419 e. The minimum Gasteiger partial charge on any atom is -0.419 e. The number of aromatic nitrogens is 4. The molecule has 3 rings (SSSR count). The first-order valence-corrected chi connectivity index (χ1v) is 7.68. The van der Waals surface area contributed by atoms with Crippen molar-refractivity contribution >= 4 is 5.91 Å². The Morgan fingerprint density at radius 1 is 1.12 bits per heavy atom. The Kier molecular flexibility index (Phi) is 4.90. The fraction of sp³-hybridized carbons (Fsp3) is 0.235. The number of carbonyl (C=O) groups is 1. The summed E-state index contributed by atoms with van der Waals surface area (Å²) in [7, 11) is 0. The second-order valence-electron chi connectivity index (χ2n) is 5.22. The molecule has 0 saturated heterocycles. The summed E-state index contributed by atoms with van der Waals surface area (Å²) >= 11 is 0. The summed E-state index contributed by atoms with van der Waals surface area (Å²) < 4.78 is 5.44. The van der Waals surface area contributed by atoms with E-state index >= 15 is 0 Å². The molecule has 1 aromatic carbocycles. The predicted octanol–water partition coefficient (Wildman–Crippen LogP) is 1.95. The van der Waals surface area contributed by atoms with Crippen molar-refractivity contribution in [3.05, 3.63) is 59.9 Å². The highest BCUT2D eigenvalue weighted by Crippen LogP contribution is 2.13. The van der Waals surface area contributed by atoms with Crippen LogP contribution in [0, 0.1) is 0 Å². The van der Waals surface area contributed by atoms with Crippen molar-refractivity contribution in [2.24, 2.45) is 0 Å². The molecular formula is C17H17N5O2. The van der Waals surface area contributed by atoms with Crippen molar-refractivity contribution in [2.75, 3.05) is 0 Å². The topological polar surface area (TPSA) is 93.8 Å². The molecule has 0 radical (unpaired) electrons. The van der Waals surface area contributed by atoms with Gasteiger partial charge in [-0.1, -0.05) is 31.2 Å². The molecule has 2 heterocycles. The van der Waals surface area contributed by atoms with Crippen molar-refractivity contribution in [2.45, 2.75) is 26.3 Å². The first kappa shape index (κ1) is 15.8. The lowest BCUT2D eigenvalue weighted by Gasteiger charge is -2.04. The molecular weight excluding hydrogens is 306 g/mol. The lowest BCUT2D eigenvalue weighted by atomic mass is 10.1. The van der Waals surface area contributed by atoms with Gasteiger partial charge in [-0.15, -0.1) is 10.2 Å². The van der Waals surface area contributed by atoms with Crippen molar-refractivity contribution in [3.63, 3.8) is 0 Å². The summed E-state index contributed by atoms with van der Waals surface area (Å²) in [5.41, 5.74) is 2.80. The smallest absolute Gasteiger partial charge is 0.267 e. The molecule has 24 heavy (non-hydrogen) atoms. The first-order chi connectivity index (χ1) is 11.7. The van der Waals surface area contributed by atoms with Gasteiger partial charge in [-0.05, 0) is 17.5 Å². The van der Waals surface area contributed by atoms with E-state index in [1.807, 2.05) is 12.1 Å². The summed E-state index contributed by atoms with van der Waals surface area (Å²) in [5, 5.41) is 10.6. The summed E-state index contributed by atoms with van der Waals surface area (Å²) in [4.78, 5) is 20.0. The van der Waals surface area contributed by atoms with Crippen LogP contribution in [0.1, 0.15) is 23.9 Å². The molecule has 122 valence electrons. The quantitative estimate of drug-likeness (QED) is 0.745. The van der Waals surface area contributed by atoms with E-state index in [0.29, 0.717) is 12.2 Å². The number of carbonyl (C=O) groups excluding carboxylic acids is 1. The van der Waals surface area contributed by atoms with Gasteiger partial charge in [-0.2, -0.15) is 0 Å². The number of amides is 1. The molecule has 0 aliphatic rings. The standard InChI is InChI=1S/C17H17N5O2/c1-2-12-3-5-13(6-4-12)10-20-15(23)9-16-21-22-17(24-16)14-11-18-7-8-19-14/h3-8,11H,2,9-10H2,1H3,(H,20,23). The highest BCUT2D eigenvalue weighted by Gasteiger charge is 2.13. The average molecular weight is 323 g/mol. The lowest BCUT2D eigenvalue weighted by molar-refractivity contribution is -0.120. The summed E-state index contributed by atoms with van der Waals surface area (Å²) in [6.45, 7) is 2.57. The second-order valence-corrected chi connectivity index (χ2v) is 5.22. The zero-order valence-corrected chi connectivity index (χ0v) is 13.3. The lowest BCUT2D eigenvalue weighted by Crippen LogP contribution is -2.24. The van der Waals surface area contributed by atoms with E-state index in [2.05, 4.69) is 44.5 Å². The van der Waals surface area contributed by atoms with Crippen LogP contribution in [0.25, 0.3) is 11.6 Å². The molecule has 0 unspecified atom stereocenters. The van der Waals surface area contributed by atoms with Crippen LogP contribution in [0.5, 0.6) is 0 Å². The molecule has 7 heteroatoms. The van der Waals surface area contributed by atoms with E-state index in [1.165, 1.54) is 18.0 Å². The van der Waals surface area contributed by atoms with Gasteiger partial charge in [0, 0.05) is 18.9 Å². The van der Waals surface area contributed by atoms with Gasteiger partial charge in [-0.25, -0.2) is 4.98 Å². The van der Waals surface area contributed by atoms with Crippen LogP contribution >= 0.6 is 0 Å². The van der Waals surface area contributed by atoms with E-state index in [1.54, 1.807) is 6.20 Å². The number of nitrogens with zero attached hydrogens (tertiary/aromatic N) is 4. The Balaban J connectivity index is 1.54. The Hall–Kier alpha value is -3.09. The SMILES string of the molecule is CCc1ccc(CNC(=O)Cc2nnc(-c3cnccn3)o2)cc1. The van der Waals surface area contributed by atoms with Gasteiger partial charge in [0.2, 0.25) is 11.8 Å². The van der Waals surface area contributed by atoms with Crippen LogP contribution in [0.2, 0.25) is 0 Å². The Morgan fingerprint density at radius 3 is 2.62 bits per heavy atom. The van der Waals surface area contributed by atoms with Gasteiger partial charge in [-0.3, -0.25) is 9.78 Å². The summed E-state index contributed by atoms with van der Waals surface area (Å²) in [6.07, 6.45) is 5.65. The summed E-state index contributed by atoms with van der Waals surface area (Å²) in [5.74, 6) is 0.319.